The second-order valence-corrected chi connectivity index (χ2v) is 8.50. The molecule has 122 valence electrons. The largest absolute Gasteiger partial charge is 0.314 e. The lowest BCUT2D eigenvalue weighted by Gasteiger charge is -2.36. The molecule has 0 aromatic rings. The van der Waals surface area contributed by atoms with Crippen LogP contribution in [0.5, 0.6) is 0 Å². The van der Waals surface area contributed by atoms with Gasteiger partial charge in [-0.05, 0) is 38.6 Å². The highest BCUT2D eigenvalue weighted by Gasteiger charge is 2.33. The molecule has 0 bridgehead atoms. The van der Waals surface area contributed by atoms with Gasteiger partial charge in [0.1, 0.15) is 0 Å². The van der Waals surface area contributed by atoms with Crippen molar-refractivity contribution in [2.45, 2.75) is 46.1 Å². The molecule has 0 aliphatic carbocycles. The molecule has 0 radical (unpaired) electrons. The van der Waals surface area contributed by atoms with Gasteiger partial charge in [-0.25, -0.2) is 0 Å². The first-order valence-corrected chi connectivity index (χ1v) is 9.43. The Hall–Kier alpha value is -0.430. The van der Waals surface area contributed by atoms with Gasteiger partial charge >= 0.3 is 0 Å². The Morgan fingerprint density at radius 3 is 2.43 bits per heavy atom. The summed E-state index contributed by atoms with van der Waals surface area (Å²) in [5.41, 5.74) is 1.29. The second kappa shape index (κ2) is 7.22. The van der Waals surface area contributed by atoms with Crippen LogP contribution in [0, 0.1) is 5.92 Å². The summed E-state index contributed by atoms with van der Waals surface area (Å²) < 4.78 is 28.5. The monoisotopic (exact) mass is 315 g/mol. The van der Waals surface area contributed by atoms with Crippen LogP contribution in [0.2, 0.25) is 0 Å². The van der Waals surface area contributed by atoms with Gasteiger partial charge in [0.2, 0.25) is 0 Å². The Balaban J connectivity index is 1.86. The lowest BCUT2D eigenvalue weighted by atomic mass is 9.98. The summed E-state index contributed by atoms with van der Waals surface area (Å²) in [6, 6.07) is 0.495. The van der Waals surface area contributed by atoms with E-state index in [-0.39, 0.29) is 0 Å². The van der Waals surface area contributed by atoms with E-state index in [9.17, 15) is 8.42 Å². The molecular formula is C15H29N3O2S. The molecule has 0 atom stereocenters. The molecule has 0 unspecified atom stereocenters. The maximum Gasteiger partial charge on any atom is 0.282 e. The lowest BCUT2D eigenvalue weighted by molar-refractivity contribution is 0.248. The minimum Gasteiger partial charge on any atom is -0.314 e. The molecular weight excluding hydrogens is 286 g/mol. The second-order valence-electron chi connectivity index (χ2n) is 6.57. The number of nitrogens with zero attached hydrogens (tertiary/aromatic N) is 2. The lowest BCUT2D eigenvalue weighted by Crippen LogP contribution is -2.49. The van der Waals surface area contributed by atoms with Crippen molar-refractivity contribution in [3.8, 4) is 0 Å². The zero-order valence-corrected chi connectivity index (χ0v) is 14.3. The van der Waals surface area contributed by atoms with E-state index in [2.05, 4.69) is 26.1 Å². The zero-order chi connectivity index (χ0) is 15.5. The van der Waals surface area contributed by atoms with E-state index in [1.807, 2.05) is 6.08 Å². The van der Waals surface area contributed by atoms with Crippen LogP contribution in [-0.4, -0.2) is 55.8 Å². The summed E-state index contributed by atoms with van der Waals surface area (Å²) in [5.74, 6) is 0.599. The SMILES string of the molecule is CC1=CCN(S(=O)(=O)N2CCC(CNC(C)C)CC2)CC1. The van der Waals surface area contributed by atoms with E-state index in [0.717, 1.165) is 25.8 Å². The van der Waals surface area contributed by atoms with Gasteiger partial charge in [0.15, 0.2) is 0 Å². The molecule has 2 aliphatic heterocycles. The fraction of sp³-hybridized carbons (Fsp3) is 0.867. The van der Waals surface area contributed by atoms with Gasteiger partial charge in [-0.3, -0.25) is 0 Å². The Morgan fingerprint density at radius 2 is 1.90 bits per heavy atom. The predicted octanol–water partition coefficient (Wildman–Crippen LogP) is 1.59. The van der Waals surface area contributed by atoms with Crippen molar-refractivity contribution in [1.82, 2.24) is 13.9 Å². The minimum absolute atomic E-state index is 0.495. The third-order valence-corrected chi connectivity index (χ3v) is 6.44. The smallest absolute Gasteiger partial charge is 0.282 e. The van der Waals surface area contributed by atoms with Crippen molar-refractivity contribution < 1.29 is 8.42 Å². The Kier molecular flexibility index (Phi) is 5.82. The fourth-order valence-electron chi connectivity index (χ4n) is 2.87. The zero-order valence-electron chi connectivity index (χ0n) is 13.5. The van der Waals surface area contributed by atoms with Gasteiger partial charge in [-0.2, -0.15) is 17.0 Å². The molecule has 6 heteroatoms. The van der Waals surface area contributed by atoms with Crippen LogP contribution in [0.3, 0.4) is 0 Å². The molecule has 5 nitrogen and oxygen atoms in total. The summed E-state index contributed by atoms with van der Waals surface area (Å²) >= 11 is 0. The average Bonchev–Trinajstić information content (AvgIpc) is 2.46. The fourth-order valence-corrected chi connectivity index (χ4v) is 4.46. The summed E-state index contributed by atoms with van der Waals surface area (Å²) in [6.45, 7) is 9.83. The number of piperidine rings is 1. The molecule has 0 aromatic heterocycles. The van der Waals surface area contributed by atoms with E-state index in [1.165, 1.54) is 5.57 Å². The molecule has 0 spiro atoms. The highest BCUT2D eigenvalue weighted by molar-refractivity contribution is 7.86. The molecule has 1 saturated heterocycles. The van der Waals surface area contributed by atoms with Gasteiger partial charge in [-0.15, -0.1) is 0 Å². The topological polar surface area (TPSA) is 52.7 Å². The molecule has 1 fully saturated rings. The van der Waals surface area contributed by atoms with E-state index in [4.69, 9.17) is 0 Å². The quantitative estimate of drug-likeness (QED) is 0.784. The van der Waals surface area contributed by atoms with Crippen molar-refractivity contribution in [2.75, 3.05) is 32.7 Å². The van der Waals surface area contributed by atoms with E-state index in [0.29, 0.717) is 38.1 Å². The number of rotatable bonds is 5. The Morgan fingerprint density at radius 1 is 1.24 bits per heavy atom. The normalized spacial score (nSPS) is 23.5. The molecule has 2 heterocycles. The standard InChI is InChI=1S/C15H29N3O2S/c1-13(2)16-12-15-6-10-18(11-7-15)21(19,20)17-8-4-14(3)5-9-17/h4,13,15-16H,5-12H2,1-3H3. The first-order valence-electron chi connectivity index (χ1n) is 8.04. The maximum atomic E-state index is 12.6. The molecule has 2 rings (SSSR count). The predicted molar refractivity (Wildman–Crippen MR) is 86.3 cm³/mol. The molecule has 2 aliphatic rings. The van der Waals surface area contributed by atoms with Crippen molar-refractivity contribution in [1.29, 1.82) is 0 Å². The highest BCUT2D eigenvalue weighted by atomic mass is 32.2. The van der Waals surface area contributed by atoms with Crippen LogP contribution in [0.25, 0.3) is 0 Å². The van der Waals surface area contributed by atoms with Crippen molar-refractivity contribution in [2.24, 2.45) is 5.92 Å². The third kappa shape index (κ3) is 4.52. The Labute approximate surface area is 129 Å². The molecule has 1 N–H and O–H groups in total. The van der Waals surface area contributed by atoms with Crippen LogP contribution < -0.4 is 5.32 Å². The maximum absolute atomic E-state index is 12.6. The van der Waals surface area contributed by atoms with Gasteiger partial charge in [0.05, 0.1) is 0 Å². The molecule has 21 heavy (non-hydrogen) atoms. The first kappa shape index (κ1) is 16.9. The number of hydrogen-bond donors (Lipinski definition) is 1. The number of hydrogen-bond acceptors (Lipinski definition) is 3. The number of nitrogens with one attached hydrogen (secondary N) is 1. The van der Waals surface area contributed by atoms with Crippen LogP contribution in [-0.2, 0) is 10.2 Å². The van der Waals surface area contributed by atoms with Crippen molar-refractivity contribution >= 4 is 10.2 Å². The summed E-state index contributed by atoms with van der Waals surface area (Å²) in [7, 11) is -3.26. The summed E-state index contributed by atoms with van der Waals surface area (Å²) in [5, 5.41) is 3.45. The minimum atomic E-state index is -3.26. The van der Waals surface area contributed by atoms with Gasteiger partial charge in [-0.1, -0.05) is 25.5 Å². The van der Waals surface area contributed by atoms with Crippen molar-refractivity contribution in [3.63, 3.8) is 0 Å². The first-order chi connectivity index (χ1) is 9.89. The molecule has 0 amide bonds. The third-order valence-electron chi connectivity index (χ3n) is 4.44. The van der Waals surface area contributed by atoms with Gasteiger partial charge in [0.25, 0.3) is 10.2 Å². The van der Waals surface area contributed by atoms with Crippen LogP contribution in [0.4, 0.5) is 0 Å². The van der Waals surface area contributed by atoms with Crippen LogP contribution >= 0.6 is 0 Å². The van der Waals surface area contributed by atoms with Gasteiger partial charge in [0, 0.05) is 32.2 Å². The van der Waals surface area contributed by atoms with E-state index >= 15 is 0 Å². The van der Waals surface area contributed by atoms with E-state index in [1.54, 1.807) is 8.61 Å². The molecule has 0 saturated carbocycles. The Bertz CT molecular complexity index is 465. The van der Waals surface area contributed by atoms with Crippen molar-refractivity contribution in [3.05, 3.63) is 11.6 Å². The van der Waals surface area contributed by atoms with Crippen LogP contribution in [0.1, 0.15) is 40.0 Å². The van der Waals surface area contributed by atoms with E-state index < -0.39 is 10.2 Å². The van der Waals surface area contributed by atoms with Crippen LogP contribution in [0.15, 0.2) is 11.6 Å². The summed E-state index contributed by atoms with van der Waals surface area (Å²) in [4.78, 5) is 0. The molecule has 0 aromatic carbocycles. The summed E-state index contributed by atoms with van der Waals surface area (Å²) in [6.07, 6.45) is 4.80. The average molecular weight is 315 g/mol. The van der Waals surface area contributed by atoms with Gasteiger partial charge < -0.3 is 5.32 Å². The highest BCUT2D eigenvalue weighted by Crippen LogP contribution is 2.23.